The summed E-state index contributed by atoms with van der Waals surface area (Å²) in [5.41, 5.74) is 0. The standard InChI is InChI=1S/Al.Ga.In.O.Ru.7H. The van der Waals surface area contributed by atoms with E-state index >= 15 is 0 Å². The Morgan fingerprint density at radius 2 is 1.20 bits per heavy atom. The van der Waals surface area contributed by atoms with Gasteiger partial charge in [-0.05, 0) is 0 Å². The molecule has 30 valence electrons. The molecular formula is H7AlGaInORu. The molecule has 0 fully saturated rings. The van der Waals surface area contributed by atoms with E-state index in [9.17, 15) is 0 Å². The molecule has 1 nitrogen and oxygen atoms in total. The van der Waals surface area contributed by atoms with Crippen molar-refractivity contribution in [3.63, 3.8) is 0 Å². The average molecular weight is 336 g/mol. The van der Waals surface area contributed by atoms with E-state index in [-0.39, 0.29) is 65.1 Å². The number of hydrogen-bond donors (Lipinski definition) is 0. The fourth-order valence-corrected chi connectivity index (χ4v) is 0. The molecule has 0 aromatic heterocycles. The van der Waals surface area contributed by atoms with Gasteiger partial charge in [-0.3, -0.25) is 0 Å². The Kier molecular flexibility index (Phi) is 165. The summed E-state index contributed by atoms with van der Waals surface area (Å²) >= 11 is 0.611. The van der Waals surface area contributed by atoms with Gasteiger partial charge in [-0.2, -0.15) is 0 Å². The fourth-order valence-electron chi connectivity index (χ4n) is 0. The van der Waals surface area contributed by atoms with Crippen molar-refractivity contribution in [1.29, 1.82) is 0 Å². The van der Waals surface area contributed by atoms with Crippen LogP contribution in [0.5, 0.6) is 0 Å². The zero-order chi connectivity index (χ0) is 2.00. The second-order valence-corrected chi connectivity index (χ2v) is 0. The van der Waals surface area contributed by atoms with E-state index in [0.29, 0.717) is 16.2 Å². The first-order chi connectivity index (χ1) is 1.00. The molecule has 0 aliphatic heterocycles. The third-order valence-electron chi connectivity index (χ3n) is 0. The van der Waals surface area contributed by atoms with Gasteiger partial charge in [-0.25, -0.2) is 0 Å². The van der Waals surface area contributed by atoms with Gasteiger partial charge in [-0.15, -0.1) is 0 Å². The molecule has 0 saturated carbocycles. The van der Waals surface area contributed by atoms with Crippen molar-refractivity contribution in [2.75, 3.05) is 0 Å². The van der Waals surface area contributed by atoms with Crippen molar-refractivity contribution in [3.8, 4) is 0 Å². The molecule has 0 radical (unpaired) electrons. The third kappa shape index (κ3) is 21.2. The molecule has 0 bridgehead atoms. The van der Waals surface area contributed by atoms with Gasteiger partial charge in [0.25, 0.3) is 0 Å². The van der Waals surface area contributed by atoms with Crippen molar-refractivity contribution < 1.29 is 23.3 Å². The van der Waals surface area contributed by atoms with Gasteiger partial charge in [0.2, 0.25) is 0 Å². The van der Waals surface area contributed by atoms with Crippen LogP contribution in [0.2, 0.25) is 0 Å². The van der Waals surface area contributed by atoms with Crippen molar-refractivity contribution >= 4 is 61.9 Å². The number of hydrogen-bond acceptors (Lipinski definition) is 1. The summed E-state index contributed by atoms with van der Waals surface area (Å²) in [6.07, 6.45) is 0. The number of rotatable bonds is 0. The summed E-state index contributed by atoms with van der Waals surface area (Å²) in [6.45, 7) is 0. The molecule has 5 heavy (non-hydrogen) atoms. The van der Waals surface area contributed by atoms with Crippen LogP contribution < -0.4 is 0 Å². The van der Waals surface area contributed by atoms with Gasteiger partial charge in [0.1, 0.15) is 0 Å². The summed E-state index contributed by atoms with van der Waals surface area (Å²) in [4.78, 5) is 0. The van der Waals surface area contributed by atoms with Crippen molar-refractivity contribution in [2.24, 2.45) is 0 Å². The van der Waals surface area contributed by atoms with Gasteiger partial charge in [0.15, 0.2) is 0 Å². The van der Waals surface area contributed by atoms with Gasteiger partial charge >= 0.3 is 65.7 Å². The minimum absolute atomic E-state index is 0. The van der Waals surface area contributed by atoms with E-state index in [2.05, 4.69) is 0 Å². The molecule has 0 aliphatic rings. The zero-order valence-corrected chi connectivity index (χ0v) is 4.62. The van der Waals surface area contributed by atoms with E-state index < -0.39 is 0 Å². The average Bonchev–Trinajstić information content (AvgIpc) is 1.00. The summed E-state index contributed by atoms with van der Waals surface area (Å²) in [5.74, 6) is 0. The first kappa shape index (κ1) is 26.0. The zero-order valence-electron chi connectivity index (χ0n) is 1.47. The Morgan fingerprint density at radius 3 is 1.20 bits per heavy atom. The molecule has 0 unspecified atom stereocenters. The minimum Gasteiger partial charge on any atom is 0 e. The first-order valence-corrected chi connectivity index (χ1v) is 0.866. The second-order valence-electron chi connectivity index (χ2n) is 0. The van der Waals surface area contributed by atoms with Crippen LogP contribution in [0.25, 0.3) is 0 Å². The Bertz CT molecular complexity index is 11.6. The van der Waals surface area contributed by atoms with Crippen LogP contribution in [-0.2, 0) is 23.3 Å². The Morgan fingerprint density at radius 1 is 1.20 bits per heavy atom. The quantitative estimate of drug-likeness (QED) is 0.428. The summed E-state index contributed by atoms with van der Waals surface area (Å²) in [7, 11) is 0. The fraction of sp³-hybridized carbons (Fsp3) is 0. The van der Waals surface area contributed by atoms with E-state index in [0.717, 1.165) is 0 Å². The Hall–Kier alpha value is 2.46. The minimum atomic E-state index is 0. The normalized spacial score (nSPS) is 0.600. The molecule has 0 heterocycles. The van der Waals surface area contributed by atoms with Crippen molar-refractivity contribution in [2.45, 2.75) is 0 Å². The summed E-state index contributed by atoms with van der Waals surface area (Å²) in [5, 5.41) is 0. The molecule has 0 N–H and O–H groups in total. The predicted octanol–water partition coefficient (Wildman–Crippen LogP) is -3.14. The molecule has 0 amide bonds. The molecule has 0 atom stereocenters. The maximum atomic E-state index is 8.28. The van der Waals surface area contributed by atoms with Crippen LogP contribution in [0.4, 0.5) is 0 Å². The topological polar surface area (TPSA) is 17.1 Å². The van der Waals surface area contributed by atoms with E-state index in [1.165, 1.54) is 0 Å². The van der Waals surface area contributed by atoms with Crippen molar-refractivity contribution in [3.05, 3.63) is 0 Å². The molecule has 0 saturated heterocycles. The van der Waals surface area contributed by atoms with Gasteiger partial charge < -0.3 is 0 Å². The van der Waals surface area contributed by atoms with Crippen molar-refractivity contribution in [1.82, 2.24) is 0 Å². The van der Waals surface area contributed by atoms with Gasteiger partial charge in [-0.1, -0.05) is 0 Å². The summed E-state index contributed by atoms with van der Waals surface area (Å²) < 4.78 is 8.28. The largest absolute Gasteiger partial charge is 0 e. The van der Waals surface area contributed by atoms with Gasteiger partial charge in [0, 0.05) is 19.5 Å². The SMILES string of the molecule is [GaH3].[InH3].[O]=[AlH].[Ru]. The second kappa shape index (κ2) is 31.8. The molecular weight excluding hydrogens is 329 g/mol. The third-order valence-corrected chi connectivity index (χ3v) is 0. The summed E-state index contributed by atoms with van der Waals surface area (Å²) in [6, 6.07) is 0. The Labute approximate surface area is 83.9 Å². The predicted molar refractivity (Wildman–Crippen MR) is 27.7 cm³/mol. The van der Waals surface area contributed by atoms with Gasteiger partial charge in [0.05, 0.1) is 0 Å². The van der Waals surface area contributed by atoms with E-state index in [4.69, 9.17) is 3.80 Å². The molecule has 5 heteroatoms. The van der Waals surface area contributed by atoms with Crippen LogP contribution in [0.1, 0.15) is 0 Å². The molecule has 0 aliphatic carbocycles. The maximum absolute atomic E-state index is 8.28. The van der Waals surface area contributed by atoms with Crippen LogP contribution in [0.3, 0.4) is 0 Å². The monoisotopic (exact) mass is 336 g/mol. The van der Waals surface area contributed by atoms with Crippen LogP contribution in [0, 0.1) is 0 Å². The first-order valence-electron chi connectivity index (χ1n) is 0.289. The van der Waals surface area contributed by atoms with Crippen LogP contribution in [-0.4, -0.2) is 61.9 Å². The molecule has 0 spiro atoms. The van der Waals surface area contributed by atoms with E-state index in [1.807, 2.05) is 0 Å². The van der Waals surface area contributed by atoms with Crippen LogP contribution >= 0.6 is 0 Å². The van der Waals surface area contributed by atoms with E-state index in [1.54, 1.807) is 0 Å². The van der Waals surface area contributed by atoms with Crippen LogP contribution in [0.15, 0.2) is 0 Å². The molecule has 0 aromatic rings. The smallest absolute Gasteiger partial charge is 0 e. The Balaban J connectivity index is -0.00000000167. The maximum Gasteiger partial charge on any atom is 0 e. The molecule has 0 aromatic carbocycles. The molecule has 0 rings (SSSR count).